The standard InChI is InChI=1S/C22H36O5/c1-15(2)7-6-11-22(3,26)12-10-17-18-13-16(8-4-5-9-21(24)25)27-20(18)14-19(17)23/h7,10,12,16-20,23,26H,4-6,8-9,11,13-14H2,1-3H3,(H,24,25)/t16-,17+,18+,19+,20-,22?/m0/s1. The van der Waals surface area contributed by atoms with Crippen LogP contribution in [0.25, 0.3) is 0 Å². The van der Waals surface area contributed by atoms with Gasteiger partial charge in [-0.2, -0.15) is 0 Å². The van der Waals surface area contributed by atoms with E-state index in [1.807, 2.05) is 19.1 Å². The molecule has 2 aliphatic rings. The van der Waals surface area contributed by atoms with Gasteiger partial charge in [-0.3, -0.25) is 4.79 Å². The molecular weight excluding hydrogens is 344 g/mol. The fraction of sp³-hybridized carbons (Fsp3) is 0.773. The summed E-state index contributed by atoms with van der Waals surface area (Å²) in [7, 11) is 0. The molecule has 27 heavy (non-hydrogen) atoms. The van der Waals surface area contributed by atoms with Gasteiger partial charge in [0.05, 0.1) is 23.9 Å². The van der Waals surface area contributed by atoms with E-state index < -0.39 is 17.7 Å². The summed E-state index contributed by atoms with van der Waals surface area (Å²) in [6.07, 6.45) is 11.5. The molecule has 0 aromatic carbocycles. The number of hydrogen-bond acceptors (Lipinski definition) is 4. The summed E-state index contributed by atoms with van der Waals surface area (Å²) in [5.74, 6) is -0.438. The zero-order chi connectivity index (χ0) is 20.0. The van der Waals surface area contributed by atoms with Crippen molar-refractivity contribution >= 4 is 5.97 Å². The molecule has 0 amide bonds. The van der Waals surface area contributed by atoms with Crippen molar-refractivity contribution in [1.29, 1.82) is 0 Å². The first-order chi connectivity index (χ1) is 12.7. The number of rotatable bonds is 10. The Balaban J connectivity index is 1.84. The molecule has 0 spiro atoms. The smallest absolute Gasteiger partial charge is 0.303 e. The molecule has 1 unspecified atom stereocenters. The zero-order valence-corrected chi connectivity index (χ0v) is 16.9. The molecule has 0 aromatic heterocycles. The predicted molar refractivity (Wildman–Crippen MR) is 105 cm³/mol. The molecule has 1 heterocycles. The molecule has 6 atom stereocenters. The molecule has 2 fully saturated rings. The highest BCUT2D eigenvalue weighted by Crippen LogP contribution is 2.45. The van der Waals surface area contributed by atoms with Crippen LogP contribution in [0.3, 0.4) is 0 Å². The molecule has 1 saturated carbocycles. The lowest BCUT2D eigenvalue weighted by atomic mass is 9.87. The van der Waals surface area contributed by atoms with Gasteiger partial charge in [-0.15, -0.1) is 0 Å². The normalized spacial score (nSPS) is 32.4. The van der Waals surface area contributed by atoms with Crippen LogP contribution < -0.4 is 0 Å². The predicted octanol–water partition coefficient (Wildman–Crippen LogP) is 3.84. The lowest BCUT2D eigenvalue weighted by Crippen LogP contribution is -2.23. The van der Waals surface area contributed by atoms with Gasteiger partial charge in [0.25, 0.3) is 0 Å². The van der Waals surface area contributed by atoms with Crippen molar-refractivity contribution in [2.75, 3.05) is 0 Å². The van der Waals surface area contributed by atoms with Gasteiger partial charge in [-0.1, -0.05) is 30.2 Å². The van der Waals surface area contributed by atoms with Crippen molar-refractivity contribution in [1.82, 2.24) is 0 Å². The fourth-order valence-corrected chi connectivity index (χ4v) is 4.33. The van der Waals surface area contributed by atoms with E-state index in [1.165, 1.54) is 5.57 Å². The van der Waals surface area contributed by atoms with Crippen LogP contribution in [0.1, 0.15) is 72.1 Å². The van der Waals surface area contributed by atoms with E-state index in [9.17, 15) is 15.0 Å². The monoisotopic (exact) mass is 380 g/mol. The largest absolute Gasteiger partial charge is 0.481 e. The summed E-state index contributed by atoms with van der Waals surface area (Å²) in [6, 6.07) is 0. The molecule has 5 nitrogen and oxygen atoms in total. The maximum Gasteiger partial charge on any atom is 0.303 e. The zero-order valence-electron chi connectivity index (χ0n) is 16.9. The van der Waals surface area contributed by atoms with E-state index in [0.717, 1.165) is 25.7 Å². The Morgan fingerprint density at radius 1 is 1.26 bits per heavy atom. The Morgan fingerprint density at radius 3 is 2.67 bits per heavy atom. The van der Waals surface area contributed by atoms with Gasteiger partial charge in [0.15, 0.2) is 0 Å². The van der Waals surface area contributed by atoms with Crippen LogP contribution >= 0.6 is 0 Å². The molecule has 2 rings (SSSR count). The highest BCUT2D eigenvalue weighted by molar-refractivity contribution is 5.66. The Morgan fingerprint density at radius 2 is 2.00 bits per heavy atom. The van der Waals surface area contributed by atoms with Crippen LogP contribution in [0.4, 0.5) is 0 Å². The highest BCUT2D eigenvalue weighted by atomic mass is 16.5. The number of aliphatic hydroxyl groups excluding tert-OH is 1. The molecule has 3 N–H and O–H groups in total. The summed E-state index contributed by atoms with van der Waals surface area (Å²) in [6.45, 7) is 5.92. The summed E-state index contributed by atoms with van der Waals surface area (Å²) in [5.41, 5.74) is 0.376. The number of ether oxygens (including phenoxy) is 1. The number of carboxylic acid groups (broad SMARTS) is 1. The fourth-order valence-electron chi connectivity index (χ4n) is 4.33. The Hall–Kier alpha value is -1.17. The van der Waals surface area contributed by atoms with Crippen LogP contribution in [-0.2, 0) is 9.53 Å². The first kappa shape index (κ1) is 22.1. The SMILES string of the molecule is CC(C)=CCCC(C)(O)C=C[C@@H]1[C@H]2C[C@H](CCCCC(=O)O)O[C@H]2C[C@H]1O. The molecular formula is C22H36O5. The van der Waals surface area contributed by atoms with Crippen LogP contribution in [-0.4, -0.2) is 45.2 Å². The molecule has 1 saturated heterocycles. The number of aliphatic hydroxyl groups is 2. The molecule has 1 aliphatic heterocycles. The first-order valence-corrected chi connectivity index (χ1v) is 10.3. The van der Waals surface area contributed by atoms with Crippen LogP contribution in [0.5, 0.6) is 0 Å². The van der Waals surface area contributed by atoms with Gasteiger partial charge < -0.3 is 20.1 Å². The van der Waals surface area contributed by atoms with E-state index in [-0.39, 0.29) is 30.5 Å². The second-order valence-electron chi connectivity index (χ2n) is 8.75. The third-order valence-corrected chi connectivity index (χ3v) is 5.84. The van der Waals surface area contributed by atoms with Crippen LogP contribution in [0.15, 0.2) is 23.8 Å². The second kappa shape index (κ2) is 9.85. The summed E-state index contributed by atoms with van der Waals surface area (Å²) >= 11 is 0. The molecule has 0 bridgehead atoms. The second-order valence-corrected chi connectivity index (χ2v) is 8.75. The van der Waals surface area contributed by atoms with Crippen molar-refractivity contribution in [2.45, 2.75) is 96.1 Å². The minimum atomic E-state index is -0.876. The van der Waals surface area contributed by atoms with Gasteiger partial charge in [0.1, 0.15) is 0 Å². The number of unbranched alkanes of at least 4 members (excludes halogenated alkanes) is 1. The number of hydrogen-bond donors (Lipinski definition) is 3. The van der Waals surface area contributed by atoms with Gasteiger partial charge >= 0.3 is 5.97 Å². The molecule has 154 valence electrons. The van der Waals surface area contributed by atoms with Crippen LogP contribution in [0.2, 0.25) is 0 Å². The number of allylic oxidation sites excluding steroid dienone is 2. The van der Waals surface area contributed by atoms with Gasteiger partial charge in [0, 0.05) is 18.8 Å². The molecule has 5 heteroatoms. The van der Waals surface area contributed by atoms with Gasteiger partial charge in [-0.25, -0.2) is 0 Å². The van der Waals surface area contributed by atoms with Crippen molar-refractivity contribution in [3.63, 3.8) is 0 Å². The lowest BCUT2D eigenvalue weighted by Gasteiger charge is -2.22. The van der Waals surface area contributed by atoms with Gasteiger partial charge in [0.2, 0.25) is 0 Å². The minimum Gasteiger partial charge on any atom is -0.481 e. The number of fused-ring (bicyclic) bond motifs is 1. The quantitative estimate of drug-likeness (QED) is 0.396. The average molecular weight is 381 g/mol. The first-order valence-electron chi connectivity index (χ1n) is 10.3. The lowest BCUT2D eigenvalue weighted by molar-refractivity contribution is -0.137. The number of aliphatic carboxylic acids is 1. The number of carboxylic acids is 1. The Labute approximate surface area is 163 Å². The minimum absolute atomic E-state index is 0.0222. The third-order valence-electron chi connectivity index (χ3n) is 5.84. The summed E-state index contributed by atoms with van der Waals surface area (Å²) in [4.78, 5) is 10.6. The molecule has 0 aromatic rings. The third kappa shape index (κ3) is 7.05. The van der Waals surface area contributed by atoms with Gasteiger partial charge in [-0.05, 0) is 58.8 Å². The van der Waals surface area contributed by atoms with E-state index in [2.05, 4.69) is 19.9 Å². The van der Waals surface area contributed by atoms with Crippen molar-refractivity contribution in [3.05, 3.63) is 23.8 Å². The number of carbonyl (C=O) groups is 1. The van der Waals surface area contributed by atoms with E-state index in [4.69, 9.17) is 9.84 Å². The van der Waals surface area contributed by atoms with E-state index in [1.54, 1.807) is 0 Å². The summed E-state index contributed by atoms with van der Waals surface area (Å²) in [5, 5.41) is 29.7. The van der Waals surface area contributed by atoms with Crippen molar-refractivity contribution in [3.8, 4) is 0 Å². The van der Waals surface area contributed by atoms with E-state index >= 15 is 0 Å². The molecule has 1 aliphatic carbocycles. The van der Waals surface area contributed by atoms with Crippen molar-refractivity contribution in [2.24, 2.45) is 11.8 Å². The van der Waals surface area contributed by atoms with Crippen molar-refractivity contribution < 1.29 is 24.9 Å². The topological polar surface area (TPSA) is 87.0 Å². The maximum atomic E-state index is 10.6. The molecule has 0 radical (unpaired) electrons. The summed E-state index contributed by atoms with van der Waals surface area (Å²) < 4.78 is 6.10. The Kier molecular flexibility index (Phi) is 8.07. The maximum absolute atomic E-state index is 10.6. The van der Waals surface area contributed by atoms with Crippen LogP contribution in [0, 0.1) is 11.8 Å². The average Bonchev–Trinajstić information content (AvgIpc) is 3.05. The van der Waals surface area contributed by atoms with E-state index in [0.29, 0.717) is 19.3 Å². The highest BCUT2D eigenvalue weighted by Gasteiger charge is 2.47. The Bertz CT molecular complexity index is 547.